The number of hydrogen-bond donors (Lipinski definition) is 1. The van der Waals surface area contributed by atoms with Gasteiger partial charge in [0.2, 0.25) is 5.13 Å². The van der Waals surface area contributed by atoms with Gasteiger partial charge in [-0.1, -0.05) is 89.3 Å². The van der Waals surface area contributed by atoms with Crippen molar-refractivity contribution in [3.63, 3.8) is 0 Å². The first-order valence-electron chi connectivity index (χ1n) is 16.3. The van der Waals surface area contributed by atoms with Gasteiger partial charge in [-0.2, -0.15) is 0 Å². The Morgan fingerprint density at radius 3 is 2.54 bits per heavy atom. The molecule has 1 N–H and O–H groups in total. The van der Waals surface area contributed by atoms with Crippen LogP contribution in [0.3, 0.4) is 0 Å². The number of aliphatic hydroxyl groups is 1. The van der Waals surface area contributed by atoms with Crippen molar-refractivity contribution >= 4 is 45.7 Å². The zero-order valence-electron chi connectivity index (χ0n) is 27.8. The summed E-state index contributed by atoms with van der Waals surface area (Å²) in [6.45, 7) is 6.58. The second kappa shape index (κ2) is 14.4. The number of carbonyl (C=O) groups excluding carboxylic acids is 2. The molecule has 0 unspecified atom stereocenters. The van der Waals surface area contributed by atoms with Crippen molar-refractivity contribution in [3.8, 4) is 17.2 Å². The molecule has 3 heterocycles. The van der Waals surface area contributed by atoms with Gasteiger partial charge in [-0.05, 0) is 73.4 Å². The van der Waals surface area contributed by atoms with E-state index in [4.69, 9.17) is 14.2 Å². The van der Waals surface area contributed by atoms with E-state index in [1.807, 2.05) is 57.2 Å². The molecule has 2 aliphatic heterocycles. The molecular formula is C39H35N3O6S2. The maximum atomic E-state index is 13.9. The minimum absolute atomic E-state index is 0.00284. The van der Waals surface area contributed by atoms with Crippen molar-refractivity contribution in [1.82, 2.24) is 10.2 Å². The molecular weight excluding hydrogens is 671 g/mol. The summed E-state index contributed by atoms with van der Waals surface area (Å²) in [5, 5.41) is 20.8. The zero-order chi connectivity index (χ0) is 34.8. The molecule has 0 spiro atoms. The van der Waals surface area contributed by atoms with Gasteiger partial charge in [0, 0.05) is 17.7 Å². The molecule has 0 radical (unpaired) electrons. The zero-order valence-corrected chi connectivity index (χ0v) is 29.4. The van der Waals surface area contributed by atoms with Gasteiger partial charge in [0.25, 0.3) is 5.78 Å². The molecule has 2 atom stereocenters. The van der Waals surface area contributed by atoms with Crippen LogP contribution in [0.2, 0.25) is 0 Å². The van der Waals surface area contributed by atoms with E-state index in [0.717, 1.165) is 22.4 Å². The van der Waals surface area contributed by atoms with Gasteiger partial charge in [0.05, 0.1) is 18.2 Å². The second-order valence-corrected chi connectivity index (χ2v) is 14.3. The highest BCUT2D eigenvalue weighted by Crippen LogP contribution is 2.46. The molecule has 5 aromatic rings. The van der Waals surface area contributed by atoms with Crippen molar-refractivity contribution in [3.05, 3.63) is 130 Å². The number of fused-ring (bicyclic) bond motifs is 1. The molecule has 0 saturated carbocycles. The van der Waals surface area contributed by atoms with E-state index in [-0.39, 0.29) is 22.6 Å². The van der Waals surface area contributed by atoms with Gasteiger partial charge in [-0.25, -0.2) is 0 Å². The Labute approximate surface area is 298 Å². The fourth-order valence-electron chi connectivity index (χ4n) is 6.08. The summed E-state index contributed by atoms with van der Waals surface area (Å²) in [6, 6.07) is 27.6. The van der Waals surface area contributed by atoms with Crippen LogP contribution in [0.5, 0.6) is 17.2 Å². The van der Waals surface area contributed by atoms with Crippen molar-refractivity contribution < 1.29 is 28.9 Å². The molecule has 1 amide bonds. The summed E-state index contributed by atoms with van der Waals surface area (Å²) in [5.41, 5.74) is 5.14. The average Bonchev–Trinajstić information content (AvgIpc) is 3.82. The average molecular weight is 706 g/mol. The Kier molecular flexibility index (Phi) is 9.60. The summed E-state index contributed by atoms with van der Waals surface area (Å²) in [4.78, 5) is 29.2. The number of ketones is 1. The predicted octanol–water partition coefficient (Wildman–Crippen LogP) is 8.07. The van der Waals surface area contributed by atoms with Gasteiger partial charge in [-0.15, -0.1) is 10.2 Å². The smallest absolute Gasteiger partial charge is 0.301 e. The van der Waals surface area contributed by atoms with E-state index in [9.17, 15) is 14.7 Å². The number of aliphatic hydroxyl groups excluding tert-OH is 1. The second-order valence-electron chi connectivity index (χ2n) is 12.2. The van der Waals surface area contributed by atoms with Crippen LogP contribution < -0.4 is 19.1 Å². The topological polar surface area (TPSA) is 111 Å². The van der Waals surface area contributed by atoms with E-state index in [1.165, 1.54) is 33.6 Å². The van der Waals surface area contributed by atoms with Crippen molar-refractivity contribution in [2.75, 3.05) is 11.5 Å². The first kappa shape index (κ1) is 33.4. The van der Waals surface area contributed by atoms with Crippen LogP contribution >= 0.6 is 23.1 Å². The van der Waals surface area contributed by atoms with Crippen LogP contribution in [0.4, 0.5) is 5.13 Å². The number of amides is 1. The van der Waals surface area contributed by atoms with Crippen LogP contribution in [0.1, 0.15) is 53.3 Å². The molecule has 1 aromatic heterocycles. The molecule has 50 heavy (non-hydrogen) atoms. The number of nitrogens with zero attached hydrogens (tertiary/aromatic N) is 3. The van der Waals surface area contributed by atoms with Gasteiger partial charge in [0.15, 0.2) is 15.8 Å². The number of benzene rings is 4. The Hall–Kier alpha value is -5.13. The Morgan fingerprint density at radius 2 is 1.76 bits per heavy atom. The number of anilines is 1. The highest BCUT2D eigenvalue weighted by molar-refractivity contribution is 8.00. The van der Waals surface area contributed by atoms with E-state index >= 15 is 0 Å². The van der Waals surface area contributed by atoms with Gasteiger partial charge < -0.3 is 19.3 Å². The van der Waals surface area contributed by atoms with Gasteiger partial charge in [0.1, 0.15) is 24.2 Å². The number of aromatic nitrogens is 2. The first-order valence-corrected chi connectivity index (χ1v) is 18.2. The number of carbonyl (C=O) groups is 2. The standard InChI is InChI=1S/C39H35N3O6S2/c1-4-46-32-20-27(14-17-31(32)47-21-25-8-6-5-7-9-25)34-33(35(43)28-15-16-30-29(19-28)18-24(3)48-30)36(44)37(45)42(34)38-40-41-39(50-38)49-22-26-12-10-23(2)11-13-26/h5-17,19-20,24,34,43H,4,18,21-22H2,1-3H3/t24-,34-/m1/s1. The Bertz CT molecular complexity index is 2080. The summed E-state index contributed by atoms with van der Waals surface area (Å²) in [6.07, 6.45) is 0.674. The van der Waals surface area contributed by atoms with Crippen LogP contribution in [0.15, 0.2) is 101 Å². The fourth-order valence-corrected chi connectivity index (χ4v) is 7.90. The molecule has 4 aromatic carbocycles. The number of rotatable bonds is 11. The largest absolute Gasteiger partial charge is 0.507 e. The number of Topliss-reactive ketones (excluding diaryl/α,β-unsaturated/α-hetero) is 1. The highest BCUT2D eigenvalue weighted by Gasteiger charge is 2.48. The Morgan fingerprint density at radius 1 is 0.960 bits per heavy atom. The molecule has 0 aliphatic carbocycles. The quantitative estimate of drug-likeness (QED) is 0.0480. The highest BCUT2D eigenvalue weighted by atomic mass is 32.2. The van der Waals surface area contributed by atoms with Crippen molar-refractivity contribution in [1.29, 1.82) is 0 Å². The van der Waals surface area contributed by atoms with Gasteiger partial charge >= 0.3 is 5.91 Å². The first-order chi connectivity index (χ1) is 24.3. The van der Waals surface area contributed by atoms with Crippen molar-refractivity contribution in [2.45, 2.75) is 56.0 Å². The monoisotopic (exact) mass is 705 g/mol. The van der Waals surface area contributed by atoms with E-state index in [2.05, 4.69) is 34.5 Å². The minimum Gasteiger partial charge on any atom is -0.507 e. The van der Waals surface area contributed by atoms with E-state index in [0.29, 0.717) is 52.4 Å². The summed E-state index contributed by atoms with van der Waals surface area (Å²) in [7, 11) is 0. The lowest BCUT2D eigenvalue weighted by molar-refractivity contribution is -0.132. The normalized spacial score (nSPS) is 17.9. The number of aryl methyl sites for hydroxylation is 1. The lowest BCUT2D eigenvalue weighted by Gasteiger charge is -2.24. The van der Waals surface area contributed by atoms with Gasteiger partial charge in [-0.3, -0.25) is 14.5 Å². The number of hydrogen-bond acceptors (Lipinski definition) is 10. The molecule has 1 fully saturated rings. The third-order valence-corrected chi connectivity index (χ3v) is 10.6. The third kappa shape index (κ3) is 6.83. The SMILES string of the molecule is CCOc1cc([C@@H]2C(=C(O)c3ccc4c(c3)C[C@@H](C)O4)C(=O)C(=O)N2c2nnc(SCc3ccc(C)cc3)s2)ccc1OCc1ccccc1. The molecule has 1 saturated heterocycles. The van der Waals surface area contributed by atoms with Crippen LogP contribution in [-0.4, -0.2) is 39.7 Å². The van der Waals surface area contributed by atoms with E-state index < -0.39 is 17.7 Å². The van der Waals surface area contributed by atoms with Crippen molar-refractivity contribution in [2.24, 2.45) is 0 Å². The van der Waals surface area contributed by atoms with Crippen LogP contribution in [-0.2, 0) is 28.4 Å². The minimum atomic E-state index is -1.01. The summed E-state index contributed by atoms with van der Waals surface area (Å²) in [5.74, 6) is 0.464. The maximum absolute atomic E-state index is 13.9. The summed E-state index contributed by atoms with van der Waals surface area (Å²) >= 11 is 2.72. The number of ether oxygens (including phenoxy) is 3. The fraction of sp³-hybridized carbons (Fsp3) is 0.231. The molecule has 11 heteroatoms. The molecule has 2 aliphatic rings. The lowest BCUT2D eigenvalue weighted by atomic mass is 9.94. The molecule has 7 rings (SSSR count). The molecule has 0 bridgehead atoms. The maximum Gasteiger partial charge on any atom is 0.301 e. The predicted molar refractivity (Wildman–Crippen MR) is 194 cm³/mol. The molecule has 9 nitrogen and oxygen atoms in total. The van der Waals surface area contributed by atoms with Crippen LogP contribution in [0, 0.1) is 6.92 Å². The van der Waals surface area contributed by atoms with Crippen LogP contribution in [0.25, 0.3) is 5.76 Å². The van der Waals surface area contributed by atoms with E-state index in [1.54, 1.807) is 30.3 Å². The molecule has 254 valence electrons. The summed E-state index contributed by atoms with van der Waals surface area (Å²) < 4.78 is 18.7. The third-order valence-electron chi connectivity index (χ3n) is 8.52. The number of thioether (sulfide) groups is 1. The Balaban J connectivity index is 1.27. The lowest BCUT2D eigenvalue weighted by Crippen LogP contribution is -2.29.